The van der Waals surface area contributed by atoms with Crippen LogP contribution in [0.3, 0.4) is 0 Å². The first-order valence-electron chi connectivity index (χ1n) is 9.71. The molecule has 1 N–H and O–H groups in total. The van der Waals surface area contributed by atoms with Crippen molar-refractivity contribution >= 4 is 23.4 Å². The predicted octanol–water partition coefficient (Wildman–Crippen LogP) is 2.60. The summed E-state index contributed by atoms with van der Waals surface area (Å²) in [6, 6.07) is 9.29. The minimum atomic E-state index is -0.150. The number of methoxy groups -OCH3 is 3. The van der Waals surface area contributed by atoms with Crippen LogP contribution in [0.1, 0.15) is 11.5 Å². The highest BCUT2D eigenvalue weighted by Crippen LogP contribution is 2.30. The molecule has 2 aromatic heterocycles. The third kappa shape index (κ3) is 5.80. The van der Waals surface area contributed by atoms with Gasteiger partial charge >= 0.3 is 0 Å². The van der Waals surface area contributed by atoms with E-state index in [1.54, 1.807) is 39.5 Å². The number of amides is 1. The molecule has 3 aromatic rings. The summed E-state index contributed by atoms with van der Waals surface area (Å²) < 4.78 is 19.8. The second-order valence-corrected chi connectivity index (χ2v) is 7.68. The van der Waals surface area contributed by atoms with Gasteiger partial charge in [0.05, 0.1) is 26.6 Å². The summed E-state index contributed by atoms with van der Waals surface area (Å²) in [6.07, 6.45) is 2.65. The average Bonchev–Trinajstić information content (AvgIpc) is 3.36. The Morgan fingerprint density at radius 1 is 1.13 bits per heavy atom. The number of hydrogen-bond donors (Lipinski definition) is 1. The molecule has 0 saturated carbocycles. The van der Waals surface area contributed by atoms with Crippen LogP contribution in [0.2, 0.25) is 0 Å². The summed E-state index contributed by atoms with van der Waals surface area (Å²) in [6.45, 7) is 1.15. The van der Waals surface area contributed by atoms with Crippen molar-refractivity contribution in [3.05, 3.63) is 48.0 Å². The molecule has 0 saturated heterocycles. The molecule has 10 heteroatoms. The van der Waals surface area contributed by atoms with Crippen LogP contribution in [0.25, 0.3) is 0 Å². The Morgan fingerprint density at radius 3 is 2.61 bits per heavy atom. The van der Waals surface area contributed by atoms with Gasteiger partial charge in [0, 0.05) is 50.8 Å². The van der Waals surface area contributed by atoms with Gasteiger partial charge in [-0.25, -0.2) is 0 Å². The molecule has 9 nitrogen and oxygen atoms in total. The van der Waals surface area contributed by atoms with Gasteiger partial charge in [-0.1, -0.05) is 11.8 Å². The highest BCUT2D eigenvalue weighted by atomic mass is 32.2. The number of anilines is 1. The van der Waals surface area contributed by atoms with Gasteiger partial charge in [-0.05, 0) is 24.3 Å². The number of nitrogens with zero attached hydrogens (tertiary/aromatic N) is 4. The number of hydrogen-bond acceptors (Lipinski definition) is 7. The minimum Gasteiger partial charge on any atom is -0.493 e. The van der Waals surface area contributed by atoms with Crippen LogP contribution in [0.4, 0.5) is 5.69 Å². The molecule has 0 atom stereocenters. The van der Waals surface area contributed by atoms with E-state index < -0.39 is 0 Å². The van der Waals surface area contributed by atoms with Crippen LogP contribution in [-0.2, 0) is 29.5 Å². The van der Waals surface area contributed by atoms with Gasteiger partial charge in [0.25, 0.3) is 0 Å². The van der Waals surface area contributed by atoms with Gasteiger partial charge in [-0.15, -0.1) is 10.2 Å². The van der Waals surface area contributed by atoms with Crippen molar-refractivity contribution in [1.82, 2.24) is 19.3 Å². The van der Waals surface area contributed by atoms with E-state index in [4.69, 9.17) is 14.2 Å². The van der Waals surface area contributed by atoms with E-state index in [9.17, 15) is 4.79 Å². The highest BCUT2D eigenvalue weighted by molar-refractivity contribution is 7.99. The fourth-order valence-electron chi connectivity index (χ4n) is 3.05. The molecule has 0 bridgehead atoms. The number of carbonyl (C=O) groups excluding carboxylic acids is 1. The first kappa shape index (κ1) is 22.7. The summed E-state index contributed by atoms with van der Waals surface area (Å²) in [5.41, 5.74) is 1.77. The van der Waals surface area contributed by atoms with Crippen molar-refractivity contribution in [2.75, 3.05) is 39.0 Å². The average molecular weight is 446 g/mol. The molecule has 0 fully saturated rings. The number of benzene rings is 1. The third-order valence-electron chi connectivity index (χ3n) is 4.70. The maximum Gasteiger partial charge on any atom is 0.234 e. The number of aromatic nitrogens is 4. The number of rotatable bonds is 11. The normalized spacial score (nSPS) is 10.8. The Balaban J connectivity index is 1.66. The van der Waals surface area contributed by atoms with Crippen molar-refractivity contribution in [2.45, 2.75) is 18.1 Å². The van der Waals surface area contributed by atoms with Gasteiger partial charge in [-0.2, -0.15) is 0 Å². The Labute approximate surface area is 185 Å². The van der Waals surface area contributed by atoms with Crippen molar-refractivity contribution in [1.29, 1.82) is 0 Å². The van der Waals surface area contributed by atoms with Crippen molar-refractivity contribution in [3.63, 3.8) is 0 Å². The maximum atomic E-state index is 12.5. The zero-order valence-corrected chi connectivity index (χ0v) is 18.9. The first-order valence-corrected chi connectivity index (χ1v) is 10.7. The second-order valence-electron chi connectivity index (χ2n) is 6.74. The minimum absolute atomic E-state index is 0.150. The lowest BCUT2D eigenvalue weighted by molar-refractivity contribution is -0.113. The van der Waals surface area contributed by atoms with Gasteiger partial charge in [0.2, 0.25) is 5.91 Å². The molecular weight excluding hydrogens is 418 g/mol. The molecule has 3 rings (SSSR count). The summed E-state index contributed by atoms with van der Waals surface area (Å²) >= 11 is 1.34. The molecule has 31 heavy (non-hydrogen) atoms. The standard InChI is InChI=1S/C21H27N5O4S/c1-25-9-5-6-16(25)13-19-23-24-21(26(19)10-11-28-2)31-14-20(27)22-15-7-8-17(29-3)18(12-15)30-4/h5-9,12H,10-11,13-14H2,1-4H3,(H,22,27). The summed E-state index contributed by atoms with van der Waals surface area (Å²) in [5, 5.41) is 12.2. The molecule has 0 aliphatic carbocycles. The Kier molecular flexibility index (Phi) is 7.96. The summed E-state index contributed by atoms with van der Waals surface area (Å²) in [7, 11) is 6.78. The molecular formula is C21H27N5O4S. The van der Waals surface area contributed by atoms with Gasteiger partial charge < -0.3 is 28.7 Å². The van der Waals surface area contributed by atoms with Crippen LogP contribution >= 0.6 is 11.8 Å². The van der Waals surface area contributed by atoms with Crippen molar-refractivity contribution in [2.24, 2.45) is 7.05 Å². The third-order valence-corrected chi connectivity index (χ3v) is 5.67. The summed E-state index contributed by atoms with van der Waals surface area (Å²) in [5.74, 6) is 2.04. The molecule has 1 aromatic carbocycles. The van der Waals surface area contributed by atoms with Gasteiger partial charge in [0.1, 0.15) is 5.82 Å². The van der Waals surface area contributed by atoms with Crippen LogP contribution in [0, 0.1) is 0 Å². The van der Waals surface area contributed by atoms with E-state index in [1.807, 2.05) is 23.9 Å². The monoisotopic (exact) mass is 445 g/mol. The van der Waals surface area contributed by atoms with Gasteiger partial charge in [0.15, 0.2) is 16.7 Å². The smallest absolute Gasteiger partial charge is 0.234 e. The maximum absolute atomic E-state index is 12.5. The van der Waals surface area contributed by atoms with Crippen molar-refractivity contribution in [3.8, 4) is 11.5 Å². The van der Waals surface area contributed by atoms with Crippen LogP contribution in [0.5, 0.6) is 11.5 Å². The Bertz CT molecular complexity index is 1020. The van der Waals surface area contributed by atoms with E-state index in [2.05, 4.69) is 26.1 Å². The van der Waals surface area contributed by atoms with E-state index in [-0.39, 0.29) is 11.7 Å². The number of carbonyl (C=O) groups is 1. The van der Waals surface area contributed by atoms with E-state index in [1.165, 1.54) is 11.8 Å². The molecule has 0 spiro atoms. The molecule has 0 radical (unpaired) electrons. The molecule has 0 aliphatic heterocycles. The topological polar surface area (TPSA) is 92.4 Å². The fraction of sp³-hybridized carbons (Fsp3) is 0.381. The number of thioether (sulfide) groups is 1. The lowest BCUT2D eigenvalue weighted by atomic mass is 10.2. The predicted molar refractivity (Wildman–Crippen MR) is 119 cm³/mol. The number of aryl methyl sites for hydroxylation is 1. The van der Waals surface area contributed by atoms with Crippen LogP contribution in [-0.4, -0.2) is 58.9 Å². The van der Waals surface area contributed by atoms with Crippen LogP contribution in [0.15, 0.2) is 41.7 Å². The van der Waals surface area contributed by atoms with E-state index in [0.29, 0.717) is 41.9 Å². The van der Waals surface area contributed by atoms with E-state index >= 15 is 0 Å². The first-order chi connectivity index (χ1) is 15.0. The Hall–Kier alpha value is -2.98. The molecule has 0 unspecified atom stereocenters. The SMILES string of the molecule is COCCn1c(Cc2cccn2C)nnc1SCC(=O)Nc1ccc(OC)c(OC)c1. The Morgan fingerprint density at radius 2 is 1.94 bits per heavy atom. The molecule has 166 valence electrons. The van der Waals surface area contributed by atoms with E-state index in [0.717, 1.165) is 11.5 Å². The zero-order valence-electron chi connectivity index (χ0n) is 18.1. The quantitative estimate of drug-likeness (QED) is 0.454. The fourth-order valence-corrected chi connectivity index (χ4v) is 3.83. The lowest BCUT2D eigenvalue weighted by Gasteiger charge is -2.11. The zero-order chi connectivity index (χ0) is 22.2. The highest BCUT2D eigenvalue weighted by Gasteiger charge is 2.16. The molecule has 0 aliphatic rings. The summed E-state index contributed by atoms with van der Waals surface area (Å²) in [4.78, 5) is 12.5. The number of nitrogens with one attached hydrogen (secondary N) is 1. The molecule has 2 heterocycles. The second kappa shape index (κ2) is 10.9. The van der Waals surface area contributed by atoms with Gasteiger partial charge in [-0.3, -0.25) is 4.79 Å². The molecule has 1 amide bonds. The van der Waals surface area contributed by atoms with Crippen LogP contribution < -0.4 is 14.8 Å². The number of ether oxygens (including phenoxy) is 3. The van der Waals surface area contributed by atoms with Crippen molar-refractivity contribution < 1.29 is 19.0 Å². The lowest BCUT2D eigenvalue weighted by Crippen LogP contribution is -2.15. The largest absolute Gasteiger partial charge is 0.493 e.